The van der Waals surface area contributed by atoms with Gasteiger partial charge in [-0.1, -0.05) is 24.3 Å². The number of rotatable bonds is 5. The molecule has 0 saturated carbocycles. The Morgan fingerprint density at radius 1 is 1.13 bits per heavy atom. The highest BCUT2D eigenvalue weighted by Gasteiger charge is 2.51. The highest BCUT2D eigenvalue weighted by molar-refractivity contribution is 6.09. The molecule has 9 nitrogen and oxygen atoms in total. The number of amides is 4. The highest BCUT2D eigenvalue weighted by atomic mass is 16.7. The standard InChI is InChI=1S/C22H19N3O6/c1-22(18-9-14-4-2-3-5-15(14)31-18)20(27)25(21(28)24-22)11-19(26)23-10-13-6-7-16-17(8-13)30-12-29-16/h2-9H,10-12H2,1H3,(H,23,26)(H,24,28). The number of urea groups is 1. The number of nitrogens with one attached hydrogen (secondary N) is 2. The summed E-state index contributed by atoms with van der Waals surface area (Å²) < 4.78 is 16.4. The van der Waals surface area contributed by atoms with Gasteiger partial charge in [0, 0.05) is 11.9 Å². The average molecular weight is 421 g/mol. The van der Waals surface area contributed by atoms with Crippen LogP contribution in [0.25, 0.3) is 11.0 Å². The lowest BCUT2D eigenvalue weighted by molar-refractivity contribution is -0.135. The molecular weight excluding hydrogens is 402 g/mol. The van der Waals surface area contributed by atoms with Gasteiger partial charge in [0.25, 0.3) is 5.91 Å². The number of hydrogen-bond acceptors (Lipinski definition) is 6. The van der Waals surface area contributed by atoms with Crippen LogP contribution in [0.4, 0.5) is 4.79 Å². The van der Waals surface area contributed by atoms with Gasteiger partial charge in [-0.05, 0) is 36.8 Å². The summed E-state index contributed by atoms with van der Waals surface area (Å²) in [5.74, 6) is 0.571. The van der Waals surface area contributed by atoms with Gasteiger partial charge in [0.15, 0.2) is 17.0 Å². The minimum Gasteiger partial charge on any atom is -0.458 e. The Morgan fingerprint density at radius 2 is 1.94 bits per heavy atom. The van der Waals surface area contributed by atoms with Gasteiger partial charge < -0.3 is 24.5 Å². The summed E-state index contributed by atoms with van der Waals surface area (Å²) >= 11 is 0. The third-order valence-electron chi connectivity index (χ3n) is 5.42. The molecule has 1 saturated heterocycles. The summed E-state index contributed by atoms with van der Waals surface area (Å²) in [6, 6.07) is 13.7. The molecule has 0 radical (unpaired) electrons. The first kappa shape index (κ1) is 19.0. The second kappa shape index (κ2) is 7.05. The Morgan fingerprint density at radius 3 is 2.77 bits per heavy atom. The SMILES string of the molecule is CC1(c2cc3ccccc3o2)NC(=O)N(CC(=O)NCc2ccc3c(c2)OCO3)C1=O. The lowest BCUT2D eigenvalue weighted by Crippen LogP contribution is -2.43. The van der Waals surface area contributed by atoms with Crippen molar-refractivity contribution in [1.82, 2.24) is 15.5 Å². The summed E-state index contributed by atoms with van der Waals surface area (Å²) in [4.78, 5) is 38.8. The molecule has 1 unspecified atom stereocenters. The summed E-state index contributed by atoms with van der Waals surface area (Å²) in [5, 5.41) is 6.18. The van der Waals surface area contributed by atoms with Crippen LogP contribution in [0.15, 0.2) is 52.9 Å². The van der Waals surface area contributed by atoms with E-state index in [9.17, 15) is 14.4 Å². The highest BCUT2D eigenvalue weighted by Crippen LogP contribution is 2.33. The minimum atomic E-state index is -1.38. The monoisotopic (exact) mass is 421 g/mol. The van der Waals surface area contributed by atoms with E-state index in [4.69, 9.17) is 13.9 Å². The van der Waals surface area contributed by atoms with Crippen LogP contribution >= 0.6 is 0 Å². The third-order valence-corrected chi connectivity index (χ3v) is 5.42. The van der Waals surface area contributed by atoms with Crippen molar-refractivity contribution in [2.45, 2.75) is 19.0 Å². The molecule has 5 rings (SSSR count). The van der Waals surface area contributed by atoms with E-state index in [0.29, 0.717) is 22.8 Å². The van der Waals surface area contributed by atoms with E-state index < -0.39 is 29.9 Å². The number of carbonyl (C=O) groups excluding carboxylic acids is 3. The van der Waals surface area contributed by atoms with E-state index in [2.05, 4.69) is 10.6 Å². The van der Waals surface area contributed by atoms with Gasteiger partial charge in [0.2, 0.25) is 12.7 Å². The number of ether oxygens (including phenoxy) is 2. The maximum atomic E-state index is 13.0. The van der Waals surface area contributed by atoms with E-state index >= 15 is 0 Å². The van der Waals surface area contributed by atoms with Crippen molar-refractivity contribution in [3.63, 3.8) is 0 Å². The van der Waals surface area contributed by atoms with Crippen molar-refractivity contribution in [3.05, 3.63) is 59.9 Å². The Labute approximate surface area is 176 Å². The predicted octanol–water partition coefficient (Wildman–Crippen LogP) is 2.24. The fraction of sp³-hybridized carbons (Fsp3) is 0.227. The average Bonchev–Trinajstić information content (AvgIpc) is 3.46. The van der Waals surface area contributed by atoms with Gasteiger partial charge >= 0.3 is 6.03 Å². The number of nitrogens with zero attached hydrogens (tertiary/aromatic N) is 1. The smallest absolute Gasteiger partial charge is 0.325 e. The Kier molecular flexibility index (Phi) is 4.32. The van der Waals surface area contributed by atoms with E-state index in [0.717, 1.165) is 15.8 Å². The topological polar surface area (TPSA) is 110 Å². The van der Waals surface area contributed by atoms with E-state index in [1.54, 1.807) is 37.3 Å². The zero-order valence-corrected chi connectivity index (χ0v) is 16.6. The quantitative estimate of drug-likeness (QED) is 0.612. The molecule has 158 valence electrons. The van der Waals surface area contributed by atoms with Crippen molar-refractivity contribution in [2.24, 2.45) is 0 Å². The van der Waals surface area contributed by atoms with Crippen LogP contribution in [-0.2, 0) is 21.7 Å². The second-order valence-electron chi connectivity index (χ2n) is 7.56. The van der Waals surface area contributed by atoms with Gasteiger partial charge in [-0.15, -0.1) is 0 Å². The van der Waals surface area contributed by atoms with Gasteiger partial charge in [0.05, 0.1) is 0 Å². The molecule has 3 aromatic rings. The lowest BCUT2D eigenvalue weighted by atomic mass is 9.99. The van der Waals surface area contributed by atoms with Gasteiger partial charge in [-0.3, -0.25) is 14.5 Å². The number of imide groups is 1. The maximum Gasteiger partial charge on any atom is 0.325 e. The third kappa shape index (κ3) is 3.24. The van der Waals surface area contributed by atoms with Crippen LogP contribution in [-0.4, -0.2) is 36.1 Å². The molecule has 0 aliphatic carbocycles. The number of furan rings is 1. The zero-order chi connectivity index (χ0) is 21.6. The van der Waals surface area contributed by atoms with Crippen LogP contribution in [0.3, 0.4) is 0 Å². The Bertz CT molecular complexity index is 1190. The molecule has 2 aliphatic heterocycles. The molecule has 2 aliphatic rings. The lowest BCUT2D eigenvalue weighted by Gasteiger charge is -2.18. The van der Waals surface area contributed by atoms with Crippen LogP contribution in [0.2, 0.25) is 0 Å². The normalized spacial score (nSPS) is 19.7. The van der Waals surface area contributed by atoms with E-state index in [-0.39, 0.29) is 13.3 Å². The molecule has 2 aromatic carbocycles. The molecule has 1 fully saturated rings. The molecule has 1 atom stereocenters. The number of hydrogen-bond donors (Lipinski definition) is 2. The molecule has 0 spiro atoms. The van der Waals surface area contributed by atoms with Gasteiger partial charge in [-0.2, -0.15) is 0 Å². The molecular formula is C22H19N3O6. The van der Waals surface area contributed by atoms with Gasteiger partial charge in [-0.25, -0.2) is 4.79 Å². The van der Waals surface area contributed by atoms with Crippen molar-refractivity contribution in [3.8, 4) is 11.5 Å². The number of benzene rings is 2. The molecule has 4 amide bonds. The van der Waals surface area contributed by atoms with Crippen molar-refractivity contribution in [2.75, 3.05) is 13.3 Å². The summed E-state index contributed by atoms with van der Waals surface area (Å²) in [6.45, 7) is 1.56. The molecule has 2 N–H and O–H groups in total. The van der Waals surface area contributed by atoms with Crippen LogP contribution in [0, 0.1) is 0 Å². The van der Waals surface area contributed by atoms with Crippen LogP contribution < -0.4 is 20.1 Å². The van der Waals surface area contributed by atoms with E-state index in [1.165, 1.54) is 0 Å². The second-order valence-corrected chi connectivity index (χ2v) is 7.56. The van der Waals surface area contributed by atoms with Gasteiger partial charge in [0.1, 0.15) is 17.9 Å². The summed E-state index contributed by atoms with van der Waals surface area (Å²) in [5.41, 5.74) is 0.0378. The van der Waals surface area contributed by atoms with Crippen molar-refractivity contribution < 1.29 is 28.3 Å². The zero-order valence-electron chi connectivity index (χ0n) is 16.6. The fourth-order valence-corrected chi connectivity index (χ4v) is 3.69. The Hall–Kier alpha value is -4.01. The molecule has 9 heteroatoms. The number of para-hydroxylation sites is 1. The molecule has 31 heavy (non-hydrogen) atoms. The summed E-state index contributed by atoms with van der Waals surface area (Å²) in [7, 11) is 0. The Balaban J connectivity index is 1.26. The van der Waals surface area contributed by atoms with Crippen LogP contribution in [0.5, 0.6) is 11.5 Å². The van der Waals surface area contributed by atoms with E-state index in [1.807, 2.05) is 18.2 Å². The first-order chi connectivity index (χ1) is 14.9. The molecule has 1 aromatic heterocycles. The predicted molar refractivity (Wildman–Crippen MR) is 108 cm³/mol. The first-order valence-electron chi connectivity index (χ1n) is 9.72. The molecule has 0 bridgehead atoms. The fourth-order valence-electron chi connectivity index (χ4n) is 3.69. The van der Waals surface area contributed by atoms with Crippen molar-refractivity contribution >= 4 is 28.8 Å². The largest absolute Gasteiger partial charge is 0.458 e. The van der Waals surface area contributed by atoms with Crippen LogP contribution in [0.1, 0.15) is 18.2 Å². The first-order valence-corrected chi connectivity index (χ1v) is 9.72. The maximum absolute atomic E-state index is 13.0. The minimum absolute atomic E-state index is 0.168. The van der Waals surface area contributed by atoms with Crippen molar-refractivity contribution in [1.29, 1.82) is 0 Å². The molecule has 3 heterocycles. The number of carbonyl (C=O) groups is 3. The number of fused-ring (bicyclic) bond motifs is 2. The summed E-state index contributed by atoms with van der Waals surface area (Å²) in [6.07, 6.45) is 0.